The molecule has 4 nitrogen and oxygen atoms in total. The molecule has 2 N–H and O–H groups in total. The number of carbonyl (C=O) groups excluding carboxylic acids is 1. The van der Waals surface area contributed by atoms with Crippen LogP contribution in [0.3, 0.4) is 0 Å². The summed E-state index contributed by atoms with van der Waals surface area (Å²) in [5, 5.41) is 13.6. The lowest BCUT2D eigenvalue weighted by Crippen LogP contribution is -2.14. The second kappa shape index (κ2) is 8.10. The number of para-hydroxylation sites is 1. The van der Waals surface area contributed by atoms with Gasteiger partial charge in [0.2, 0.25) is 0 Å². The average molecular weight is 391 g/mol. The first-order valence-electron chi connectivity index (χ1n) is 9.73. The number of carbonyl (C=O) groups is 1. The second-order valence-electron chi connectivity index (χ2n) is 7.27. The van der Waals surface area contributed by atoms with Gasteiger partial charge in [0.15, 0.2) is 0 Å². The summed E-state index contributed by atoms with van der Waals surface area (Å²) in [6.45, 7) is 3.90. The van der Waals surface area contributed by atoms with E-state index < -0.39 is 5.91 Å². The molecule has 0 aliphatic carbocycles. The summed E-state index contributed by atoms with van der Waals surface area (Å²) in [6.07, 6.45) is 1.67. The van der Waals surface area contributed by atoms with Crippen molar-refractivity contribution < 1.29 is 4.79 Å². The van der Waals surface area contributed by atoms with Crippen molar-refractivity contribution in [1.29, 1.82) is 5.26 Å². The highest BCUT2D eigenvalue weighted by Crippen LogP contribution is 2.32. The van der Waals surface area contributed by atoms with Crippen LogP contribution < -0.4 is 5.32 Å². The number of aromatic amines is 1. The van der Waals surface area contributed by atoms with Crippen LogP contribution in [0.15, 0.2) is 78.4 Å². The lowest BCUT2D eigenvalue weighted by atomic mass is 10.0. The first kappa shape index (κ1) is 19.2. The molecule has 1 aromatic heterocycles. The van der Waals surface area contributed by atoms with Crippen LogP contribution in [-0.2, 0) is 4.79 Å². The number of hydrogen-bond donors (Lipinski definition) is 2. The SMILES string of the molecule is Cc1ccc(C)c(NC(=O)/C(C#N)=C\c2c(-c3ccccc3)[nH]c3ccccc23)c1. The summed E-state index contributed by atoms with van der Waals surface area (Å²) >= 11 is 0. The molecule has 0 atom stereocenters. The van der Waals surface area contributed by atoms with Crippen molar-refractivity contribution in [3.63, 3.8) is 0 Å². The van der Waals surface area contributed by atoms with Crippen LogP contribution in [0.2, 0.25) is 0 Å². The fraction of sp³-hybridized carbons (Fsp3) is 0.0769. The Morgan fingerprint density at radius 1 is 1.00 bits per heavy atom. The zero-order chi connectivity index (χ0) is 21.1. The Morgan fingerprint density at radius 3 is 2.50 bits per heavy atom. The molecule has 4 heteroatoms. The van der Waals surface area contributed by atoms with E-state index in [1.165, 1.54) is 0 Å². The topological polar surface area (TPSA) is 68.7 Å². The summed E-state index contributed by atoms with van der Waals surface area (Å²) < 4.78 is 0. The van der Waals surface area contributed by atoms with Crippen LogP contribution in [0.4, 0.5) is 5.69 Å². The molecule has 0 aliphatic rings. The maximum atomic E-state index is 12.9. The Kier molecular flexibility index (Phi) is 5.19. The van der Waals surface area contributed by atoms with Gasteiger partial charge in [-0.2, -0.15) is 5.26 Å². The number of amides is 1. The van der Waals surface area contributed by atoms with E-state index in [0.29, 0.717) is 5.69 Å². The van der Waals surface area contributed by atoms with Crippen LogP contribution in [0, 0.1) is 25.2 Å². The average Bonchev–Trinajstić information content (AvgIpc) is 3.13. The molecule has 3 aromatic carbocycles. The largest absolute Gasteiger partial charge is 0.354 e. The molecular weight excluding hydrogens is 370 g/mol. The summed E-state index contributed by atoms with van der Waals surface area (Å²) in [7, 11) is 0. The molecule has 30 heavy (non-hydrogen) atoms. The molecule has 1 heterocycles. The van der Waals surface area contributed by atoms with Crippen molar-refractivity contribution >= 4 is 28.6 Å². The van der Waals surface area contributed by atoms with Crippen LogP contribution in [-0.4, -0.2) is 10.9 Å². The van der Waals surface area contributed by atoms with E-state index in [1.54, 1.807) is 6.08 Å². The minimum Gasteiger partial charge on any atom is -0.354 e. The number of benzene rings is 3. The van der Waals surface area contributed by atoms with Gasteiger partial charge < -0.3 is 10.3 Å². The molecule has 0 aliphatic heterocycles. The van der Waals surface area contributed by atoms with E-state index in [1.807, 2.05) is 86.6 Å². The number of rotatable bonds is 4. The minimum atomic E-state index is -0.421. The number of aryl methyl sites for hydroxylation is 2. The van der Waals surface area contributed by atoms with Gasteiger partial charge in [-0.3, -0.25) is 4.79 Å². The van der Waals surface area contributed by atoms with Gasteiger partial charge in [0.05, 0.1) is 5.69 Å². The van der Waals surface area contributed by atoms with Crippen molar-refractivity contribution in [2.45, 2.75) is 13.8 Å². The molecule has 4 aromatic rings. The third kappa shape index (κ3) is 3.74. The number of fused-ring (bicyclic) bond motifs is 1. The van der Waals surface area contributed by atoms with E-state index in [9.17, 15) is 10.1 Å². The molecule has 0 unspecified atom stereocenters. The quantitative estimate of drug-likeness (QED) is 0.331. The van der Waals surface area contributed by atoms with Gasteiger partial charge in [-0.1, -0.05) is 60.7 Å². The van der Waals surface area contributed by atoms with Gasteiger partial charge in [-0.15, -0.1) is 0 Å². The molecule has 0 radical (unpaired) electrons. The summed E-state index contributed by atoms with van der Waals surface area (Å²) in [6, 6.07) is 25.7. The summed E-state index contributed by atoms with van der Waals surface area (Å²) in [5.74, 6) is -0.421. The number of nitrogens with one attached hydrogen (secondary N) is 2. The number of anilines is 1. The van der Waals surface area contributed by atoms with Crippen LogP contribution in [0.1, 0.15) is 16.7 Å². The second-order valence-corrected chi connectivity index (χ2v) is 7.27. The number of nitrogens with zero attached hydrogens (tertiary/aromatic N) is 1. The highest BCUT2D eigenvalue weighted by Gasteiger charge is 2.16. The zero-order valence-corrected chi connectivity index (χ0v) is 16.9. The van der Waals surface area contributed by atoms with Crippen LogP contribution in [0.5, 0.6) is 0 Å². The number of nitriles is 1. The molecule has 0 saturated heterocycles. The maximum absolute atomic E-state index is 12.9. The van der Waals surface area contributed by atoms with Crippen molar-refractivity contribution in [2.75, 3.05) is 5.32 Å². The summed E-state index contributed by atoms with van der Waals surface area (Å²) in [5.41, 5.74) is 6.40. The maximum Gasteiger partial charge on any atom is 0.266 e. The Balaban J connectivity index is 1.80. The number of H-pyrrole nitrogens is 1. The third-order valence-electron chi connectivity index (χ3n) is 5.10. The Hall–Kier alpha value is -4.10. The van der Waals surface area contributed by atoms with Gasteiger partial charge in [0.25, 0.3) is 5.91 Å². The van der Waals surface area contributed by atoms with Crippen molar-refractivity contribution in [3.05, 3.63) is 95.1 Å². The molecule has 0 saturated carbocycles. The van der Waals surface area contributed by atoms with Gasteiger partial charge in [0.1, 0.15) is 11.6 Å². The monoisotopic (exact) mass is 391 g/mol. The van der Waals surface area contributed by atoms with Crippen LogP contribution >= 0.6 is 0 Å². The van der Waals surface area contributed by atoms with Crippen LogP contribution in [0.25, 0.3) is 28.2 Å². The standard InChI is InChI=1S/C26H21N3O/c1-17-12-13-18(2)24(14-17)29-26(30)20(16-27)15-22-21-10-6-7-11-23(21)28-25(22)19-8-4-3-5-9-19/h3-15,28H,1-2H3,(H,29,30)/b20-15-. The van der Waals surface area contributed by atoms with E-state index >= 15 is 0 Å². The van der Waals surface area contributed by atoms with Crippen molar-refractivity contribution in [1.82, 2.24) is 4.98 Å². The smallest absolute Gasteiger partial charge is 0.266 e. The molecule has 1 amide bonds. The lowest BCUT2D eigenvalue weighted by Gasteiger charge is -2.09. The highest BCUT2D eigenvalue weighted by atomic mass is 16.1. The van der Waals surface area contributed by atoms with Gasteiger partial charge in [0, 0.05) is 22.2 Å². The predicted octanol–water partition coefficient (Wildman–Crippen LogP) is 6.00. The number of aromatic nitrogens is 1. The fourth-order valence-electron chi connectivity index (χ4n) is 3.50. The first-order valence-corrected chi connectivity index (χ1v) is 9.73. The molecule has 0 spiro atoms. The molecule has 0 fully saturated rings. The van der Waals surface area contributed by atoms with Gasteiger partial charge >= 0.3 is 0 Å². The lowest BCUT2D eigenvalue weighted by molar-refractivity contribution is -0.112. The predicted molar refractivity (Wildman–Crippen MR) is 122 cm³/mol. The Labute approximate surface area is 175 Å². The van der Waals surface area contributed by atoms with E-state index in [-0.39, 0.29) is 5.57 Å². The van der Waals surface area contributed by atoms with Gasteiger partial charge in [-0.05, 0) is 48.7 Å². The van der Waals surface area contributed by atoms with Gasteiger partial charge in [-0.25, -0.2) is 0 Å². The Bertz CT molecular complexity index is 1310. The first-order chi connectivity index (χ1) is 14.6. The normalized spacial score (nSPS) is 11.3. The minimum absolute atomic E-state index is 0.0536. The fourth-order valence-corrected chi connectivity index (χ4v) is 3.50. The molecular formula is C26H21N3O. The number of hydrogen-bond acceptors (Lipinski definition) is 2. The molecule has 4 rings (SSSR count). The van der Waals surface area contributed by atoms with Crippen molar-refractivity contribution in [3.8, 4) is 17.3 Å². The highest BCUT2D eigenvalue weighted by molar-refractivity contribution is 6.12. The van der Waals surface area contributed by atoms with E-state index in [2.05, 4.69) is 16.4 Å². The molecule has 0 bridgehead atoms. The van der Waals surface area contributed by atoms with Crippen molar-refractivity contribution in [2.24, 2.45) is 0 Å². The molecule has 146 valence electrons. The Morgan fingerprint density at radius 2 is 1.73 bits per heavy atom. The summed E-state index contributed by atoms with van der Waals surface area (Å²) in [4.78, 5) is 16.3. The zero-order valence-electron chi connectivity index (χ0n) is 16.9. The third-order valence-corrected chi connectivity index (χ3v) is 5.10. The van der Waals surface area contributed by atoms with E-state index in [4.69, 9.17) is 0 Å². The van der Waals surface area contributed by atoms with E-state index in [0.717, 1.165) is 38.9 Å².